The summed E-state index contributed by atoms with van der Waals surface area (Å²) in [5.74, 6) is 1.23. The molecule has 2 aliphatic rings. The van der Waals surface area contributed by atoms with Crippen molar-refractivity contribution in [3.8, 4) is 0 Å². The van der Waals surface area contributed by atoms with E-state index in [1.165, 1.54) is 7.11 Å². The maximum atomic E-state index is 12.6. The van der Waals surface area contributed by atoms with Crippen molar-refractivity contribution in [2.45, 2.75) is 70.1 Å². The molecule has 2 saturated carbocycles. The molecule has 2 amide bonds. The van der Waals surface area contributed by atoms with E-state index >= 15 is 0 Å². The summed E-state index contributed by atoms with van der Waals surface area (Å²) >= 11 is 0. The third-order valence-electron chi connectivity index (χ3n) is 5.16. The zero-order valence-corrected chi connectivity index (χ0v) is 16.6. The molecule has 0 saturated heterocycles. The van der Waals surface area contributed by atoms with Crippen molar-refractivity contribution in [2.75, 3.05) is 20.3 Å². The van der Waals surface area contributed by atoms with E-state index in [-0.39, 0.29) is 43.0 Å². The van der Waals surface area contributed by atoms with E-state index < -0.39 is 0 Å². The Labute approximate surface area is 164 Å². The van der Waals surface area contributed by atoms with Gasteiger partial charge in [-0.25, -0.2) is 0 Å². The first-order chi connectivity index (χ1) is 13.6. The number of hydrogen-bond acceptors (Lipinski definition) is 7. The number of carbonyl (C=O) groups excluding carboxylic acids is 2. The monoisotopic (exact) mass is 394 g/mol. The number of ether oxygens (including phenoxy) is 2. The highest BCUT2D eigenvalue weighted by Crippen LogP contribution is 2.38. The van der Waals surface area contributed by atoms with E-state index in [1.807, 2.05) is 6.92 Å². The van der Waals surface area contributed by atoms with E-state index in [0.29, 0.717) is 37.7 Å². The maximum Gasteiger partial charge on any atom is 0.246 e. The van der Waals surface area contributed by atoms with Crippen molar-refractivity contribution < 1.29 is 23.6 Å². The highest BCUT2D eigenvalue weighted by atomic mass is 16.5. The van der Waals surface area contributed by atoms with Crippen LogP contribution in [-0.4, -0.2) is 54.4 Å². The van der Waals surface area contributed by atoms with Crippen molar-refractivity contribution >= 4 is 11.8 Å². The van der Waals surface area contributed by atoms with E-state index in [2.05, 4.69) is 20.8 Å². The van der Waals surface area contributed by atoms with Crippen molar-refractivity contribution in [1.29, 1.82) is 0 Å². The number of nitrogens with one attached hydrogen (secondary N) is 2. The number of rotatable bonds is 10. The Balaban J connectivity index is 1.50. The summed E-state index contributed by atoms with van der Waals surface area (Å²) in [5.41, 5.74) is 0. The van der Waals surface area contributed by atoms with E-state index in [1.54, 1.807) is 0 Å². The van der Waals surface area contributed by atoms with Crippen LogP contribution in [0.4, 0.5) is 0 Å². The lowest BCUT2D eigenvalue weighted by atomic mass is 9.83. The number of carbonyl (C=O) groups is 2. The van der Waals surface area contributed by atoms with Gasteiger partial charge in [-0.2, -0.15) is 4.98 Å². The maximum absolute atomic E-state index is 12.6. The highest BCUT2D eigenvalue weighted by Gasteiger charge is 2.35. The minimum Gasteiger partial charge on any atom is -0.376 e. The van der Waals surface area contributed by atoms with E-state index in [9.17, 15) is 9.59 Å². The van der Waals surface area contributed by atoms with E-state index in [0.717, 1.165) is 25.1 Å². The Bertz CT molecular complexity index is 661. The van der Waals surface area contributed by atoms with Crippen LogP contribution in [-0.2, 0) is 25.6 Å². The Kier molecular flexibility index (Phi) is 7.38. The minimum atomic E-state index is -0.185. The number of amides is 2. The number of methoxy groups -OCH3 is 1. The minimum absolute atomic E-state index is 0.0218. The number of nitrogens with zero attached hydrogens (tertiary/aromatic N) is 2. The zero-order chi connectivity index (χ0) is 19.9. The molecule has 0 aromatic carbocycles. The summed E-state index contributed by atoms with van der Waals surface area (Å²) in [5, 5.41) is 9.82. The van der Waals surface area contributed by atoms with Gasteiger partial charge in [0.25, 0.3) is 0 Å². The van der Waals surface area contributed by atoms with Crippen LogP contribution in [0.1, 0.15) is 63.1 Å². The summed E-state index contributed by atoms with van der Waals surface area (Å²) in [6.07, 6.45) is 4.85. The van der Waals surface area contributed by atoms with Crippen LogP contribution in [0.2, 0.25) is 0 Å². The lowest BCUT2D eigenvalue weighted by Gasteiger charge is -2.35. The average Bonchev–Trinajstić information content (AvgIpc) is 3.43. The molecule has 0 spiro atoms. The van der Waals surface area contributed by atoms with Gasteiger partial charge in [-0.1, -0.05) is 12.1 Å². The third-order valence-corrected chi connectivity index (χ3v) is 5.16. The molecule has 2 aliphatic carbocycles. The van der Waals surface area contributed by atoms with Gasteiger partial charge >= 0.3 is 0 Å². The second-order valence-corrected chi connectivity index (χ2v) is 7.56. The molecule has 0 bridgehead atoms. The van der Waals surface area contributed by atoms with E-state index in [4.69, 9.17) is 14.0 Å². The second kappa shape index (κ2) is 9.97. The summed E-state index contributed by atoms with van der Waals surface area (Å²) in [4.78, 5) is 28.8. The van der Waals surface area contributed by atoms with Gasteiger partial charge in [-0.15, -0.1) is 0 Å². The van der Waals surface area contributed by atoms with Gasteiger partial charge < -0.3 is 24.6 Å². The summed E-state index contributed by atoms with van der Waals surface area (Å²) in [7, 11) is 1.49. The van der Waals surface area contributed by atoms with Gasteiger partial charge in [-0.3, -0.25) is 9.59 Å². The van der Waals surface area contributed by atoms with Gasteiger partial charge in [0.2, 0.25) is 17.7 Å². The summed E-state index contributed by atoms with van der Waals surface area (Å²) in [6, 6.07) is -0.102. The van der Waals surface area contributed by atoms with Gasteiger partial charge in [-0.05, 0) is 38.5 Å². The molecule has 0 radical (unpaired) electrons. The van der Waals surface area contributed by atoms with Crippen LogP contribution in [0.5, 0.6) is 0 Å². The predicted octanol–water partition coefficient (Wildman–Crippen LogP) is 1.29. The smallest absolute Gasteiger partial charge is 0.246 e. The molecule has 1 heterocycles. The van der Waals surface area contributed by atoms with Crippen molar-refractivity contribution in [3.63, 3.8) is 0 Å². The molecule has 2 N–H and O–H groups in total. The molecular formula is C19H30N4O5. The molecule has 9 nitrogen and oxygen atoms in total. The second-order valence-electron chi connectivity index (χ2n) is 7.56. The van der Waals surface area contributed by atoms with Gasteiger partial charge in [0.05, 0.1) is 18.7 Å². The lowest BCUT2D eigenvalue weighted by Crippen LogP contribution is -2.50. The SMILES string of the molecule is CCCO[C@@H]1C[C@@H](C(=O)NCc2nc(C3CC3)no2)CC[C@H]1NC(=O)COC. The Morgan fingerprint density at radius 2 is 2.07 bits per heavy atom. The summed E-state index contributed by atoms with van der Waals surface area (Å²) in [6.45, 7) is 2.89. The quantitative estimate of drug-likeness (QED) is 0.614. The standard InChI is InChI=1S/C19H30N4O5/c1-3-8-27-15-9-13(6-7-14(15)21-16(24)11-26-2)19(25)20-10-17-22-18(23-28-17)12-4-5-12/h12-15H,3-11H2,1-2H3,(H,20,25)(H,21,24)/t13-,14+,15+/m0/s1. The zero-order valence-electron chi connectivity index (χ0n) is 16.6. The topological polar surface area (TPSA) is 116 Å². The van der Waals surface area contributed by atoms with Crippen molar-refractivity contribution in [1.82, 2.24) is 20.8 Å². The largest absolute Gasteiger partial charge is 0.376 e. The molecule has 3 rings (SSSR count). The molecule has 28 heavy (non-hydrogen) atoms. The molecule has 0 unspecified atom stereocenters. The normalized spacial score (nSPS) is 24.7. The van der Waals surface area contributed by atoms with Crippen LogP contribution < -0.4 is 10.6 Å². The van der Waals surface area contributed by atoms with Crippen LogP contribution in [0.25, 0.3) is 0 Å². The first-order valence-corrected chi connectivity index (χ1v) is 10.1. The molecule has 0 aliphatic heterocycles. The van der Waals surface area contributed by atoms with Crippen molar-refractivity contribution in [3.05, 3.63) is 11.7 Å². The van der Waals surface area contributed by atoms with Crippen LogP contribution in [0.15, 0.2) is 4.52 Å². The Morgan fingerprint density at radius 3 is 2.79 bits per heavy atom. The molecule has 1 aromatic heterocycles. The van der Waals surface area contributed by atoms with Crippen molar-refractivity contribution in [2.24, 2.45) is 5.92 Å². The number of aromatic nitrogens is 2. The average molecular weight is 394 g/mol. The first kappa shape index (κ1) is 20.7. The summed E-state index contributed by atoms with van der Waals surface area (Å²) < 4.78 is 16.0. The molecule has 156 valence electrons. The van der Waals surface area contributed by atoms with Gasteiger partial charge in [0.15, 0.2) is 5.82 Å². The third kappa shape index (κ3) is 5.75. The first-order valence-electron chi connectivity index (χ1n) is 10.1. The van der Waals surface area contributed by atoms with Crippen LogP contribution in [0, 0.1) is 5.92 Å². The van der Waals surface area contributed by atoms with Crippen LogP contribution >= 0.6 is 0 Å². The molecular weight excluding hydrogens is 364 g/mol. The highest BCUT2D eigenvalue weighted by molar-refractivity contribution is 5.79. The molecule has 9 heteroatoms. The lowest BCUT2D eigenvalue weighted by molar-refractivity contribution is -0.131. The Hall–Kier alpha value is -2.00. The van der Waals surface area contributed by atoms with Gasteiger partial charge in [0, 0.05) is 25.6 Å². The van der Waals surface area contributed by atoms with Gasteiger partial charge in [0.1, 0.15) is 6.61 Å². The fourth-order valence-electron chi connectivity index (χ4n) is 3.52. The van der Waals surface area contributed by atoms with Crippen LogP contribution in [0.3, 0.4) is 0 Å². The predicted molar refractivity (Wildman–Crippen MR) is 99.3 cm³/mol. The molecule has 2 fully saturated rings. The number of hydrogen-bond donors (Lipinski definition) is 2. The fourth-order valence-corrected chi connectivity index (χ4v) is 3.52. The Morgan fingerprint density at radius 1 is 1.25 bits per heavy atom. The molecule has 3 atom stereocenters. The molecule has 1 aromatic rings. The fraction of sp³-hybridized carbons (Fsp3) is 0.789.